The summed E-state index contributed by atoms with van der Waals surface area (Å²) < 4.78 is 5.58. The van der Waals surface area contributed by atoms with Gasteiger partial charge in [-0.1, -0.05) is 30.3 Å². The average molecular weight is 259 g/mol. The van der Waals surface area contributed by atoms with Crippen molar-refractivity contribution < 1.29 is 9.53 Å². The van der Waals surface area contributed by atoms with Gasteiger partial charge >= 0.3 is 0 Å². The molecule has 3 heteroatoms. The van der Waals surface area contributed by atoms with Crippen molar-refractivity contribution in [1.82, 2.24) is 4.90 Å². The molecule has 19 heavy (non-hydrogen) atoms. The predicted molar refractivity (Wildman–Crippen MR) is 73.8 cm³/mol. The van der Waals surface area contributed by atoms with Gasteiger partial charge in [-0.3, -0.25) is 9.69 Å². The number of rotatable bonds is 2. The molecule has 2 aliphatic heterocycles. The molecule has 2 aliphatic rings. The second-order valence-electron chi connectivity index (χ2n) is 5.81. The molecule has 0 radical (unpaired) electrons. The Morgan fingerprint density at radius 2 is 2.11 bits per heavy atom. The number of hydrogen-bond donors (Lipinski definition) is 0. The first-order valence-corrected chi connectivity index (χ1v) is 7.16. The van der Waals surface area contributed by atoms with E-state index in [2.05, 4.69) is 29.2 Å². The van der Waals surface area contributed by atoms with E-state index in [9.17, 15) is 4.79 Å². The highest BCUT2D eigenvalue weighted by atomic mass is 16.5. The van der Waals surface area contributed by atoms with Gasteiger partial charge in [0.25, 0.3) is 0 Å². The molecule has 3 rings (SSSR count). The van der Waals surface area contributed by atoms with Crippen molar-refractivity contribution in [2.75, 3.05) is 26.3 Å². The second kappa shape index (κ2) is 5.43. The van der Waals surface area contributed by atoms with Crippen LogP contribution in [0.15, 0.2) is 30.3 Å². The lowest BCUT2D eigenvalue weighted by molar-refractivity contribution is -0.145. The normalized spacial score (nSPS) is 28.7. The Bertz CT molecular complexity index is 441. The van der Waals surface area contributed by atoms with Crippen LogP contribution in [-0.4, -0.2) is 37.0 Å². The van der Waals surface area contributed by atoms with E-state index >= 15 is 0 Å². The number of hydrogen-bond acceptors (Lipinski definition) is 3. The summed E-state index contributed by atoms with van der Waals surface area (Å²) in [6.07, 6.45) is 2.69. The fraction of sp³-hybridized carbons (Fsp3) is 0.562. The van der Waals surface area contributed by atoms with Gasteiger partial charge in [-0.25, -0.2) is 0 Å². The van der Waals surface area contributed by atoms with Crippen LogP contribution in [0.25, 0.3) is 0 Å². The molecular formula is C16H21NO2. The van der Waals surface area contributed by atoms with E-state index in [-0.39, 0.29) is 5.41 Å². The van der Waals surface area contributed by atoms with E-state index < -0.39 is 0 Å². The summed E-state index contributed by atoms with van der Waals surface area (Å²) in [7, 11) is 0. The Morgan fingerprint density at radius 1 is 1.26 bits per heavy atom. The number of carbonyl (C=O) groups is 1. The third-order valence-corrected chi connectivity index (χ3v) is 4.35. The molecule has 0 saturated carbocycles. The highest BCUT2D eigenvalue weighted by Gasteiger charge is 2.43. The summed E-state index contributed by atoms with van der Waals surface area (Å²) in [4.78, 5) is 14.7. The molecule has 0 aromatic heterocycles. The first-order chi connectivity index (χ1) is 9.28. The molecule has 0 amide bonds. The van der Waals surface area contributed by atoms with Crippen molar-refractivity contribution in [3.63, 3.8) is 0 Å². The average Bonchev–Trinajstić information content (AvgIpc) is 2.44. The second-order valence-corrected chi connectivity index (χ2v) is 5.81. The maximum absolute atomic E-state index is 12.3. The van der Waals surface area contributed by atoms with Crippen LogP contribution >= 0.6 is 0 Å². The van der Waals surface area contributed by atoms with E-state index in [0.717, 1.165) is 32.5 Å². The number of ketones is 1. The quantitative estimate of drug-likeness (QED) is 0.816. The SMILES string of the molecule is O=C1CCOCC12CCCN(Cc1ccccc1)C2. The zero-order valence-corrected chi connectivity index (χ0v) is 11.3. The number of benzene rings is 1. The van der Waals surface area contributed by atoms with Crippen molar-refractivity contribution in [2.24, 2.45) is 5.41 Å². The predicted octanol–water partition coefficient (Wildman–Crippen LogP) is 2.26. The number of likely N-dealkylation sites (tertiary alicyclic amines) is 1. The number of piperidine rings is 1. The van der Waals surface area contributed by atoms with Crippen LogP contribution in [0.1, 0.15) is 24.8 Å². The summed E-state index contributed by atoms with van der Waals surface area (Å²) in [6, 6.07) is 10.5. The van der Waals surface area contributed by atoms with Crippen LogP contribution in [-0.2, 0) is 16.1 Å². The van der Waals surface area contributed by atoms with E-state index in [4.69, 9.17) is 4.74 Å². The molecule has 2 heterocycles. The lowest BCUT2D eigenvalue weighted by Crippen LogP contribution is -2.52. The zero-order chi connectivity index (χ0) is 13.1. The summed E-state index contributed by atoms with van der Waals surface area (Å²) >= 11 is 0. The van der Waals surface area contributed by atoms with E-state index in [1.165, 1.54) is 5.56 Å². The summed E-state index contributed by atoms with van der Waals surface area (Å²) in [5.74, 6) is 0.413. The summed E-state index contributed by atoms with van der Waals surface area (Å²) in [6.45, 7) is 4.12. The molecule has 0 bridgehead atoms. The lowest BCUT2D eigenvalue weighted by atomic mass is 9.74. The first-order valence-electron chi connectivity index (χ1n) is 7.16. The molecular weight excluding hydrogens is 238 g/mol. The van der Waals surface area contributed by atoms with Crippen molar-refractivity contribution in [3.05, 3.63) is 35.9 Å². The Hall–Kier alpha value is -1.19. The molecule has 1 spiro atoms. The standard InChI is InChI=1S/C16H21NO2/c18-15-7-10-19-13-16(15)8-4-9-17(12-16)11-14-5-2-1-3-6-14/h1-3,5-6H,4,7-13H2. The smallest absolute Gasteiger partial charge is 0.144 e. The highest BCUT2D eigenvalue weighted by Crippen LogP contribution is 2.35. The molecule has 2 fully saturated rings. The van der Waals surface area contributed by atoms with Crippen LogP contribution in [0.2, 0.25) is 0 Å². The molecule has 2 saturated heterocycles. The topological polar surface area (TPSA) is 29.5 Å². The molecule has 0 aliphatic carbocycles. The summed E-state index contributed by atoms with van der Waals surface area (Å²) in [5, 5.41) is 0. The van der Waals surface area contributed by atoms with Crippen LogP contribution in [0.5, 0.6) is 0 Å². The van der Waals surface area contributed by atoms with E-state index in [0.29, 0.717) is 25.4 Å². The Kier molecular flexibility index (Phi) is 3.67. The van der Waals surface area contributed by atoms with Gasteiger partial charge in [-0.15, -0.1) is 0 Å². The molecule has 3 nitrogen and oxygen atoms in total. The summed E-state index contributed by atoms with van der Waals surface area (Å²) in [5.41, 5.74) is 1.11. The van der Waals surface area contributed by atoms with Gasteiger partial charge in [0.15, 0.2) is 0 Å². The van der Waals surface area contributed by atoms with Gasteiger partial charge < -0.3 is 4.74 Å². The lowest BCUT2D eigenvalue weighted by Gasteiger charge is -2.43. The Labute approximate surface area is 114 Å². The largest absolute Gasteiger partial charge is 0.380 e. The van der Waals surface area contributed by atoms with Crippen LogP contribution in [0.4, 0.5) is 0 Å². The molecule has 1 atom stereocenters. The van der Waals surface area contributed by atoms with Gasteiger partial charge in [0, 0.05) is 19.5 Å². The molecule has 1 unspecified atom stereocenters. The Balaban J connectivity index is 1.69. The minimum absolute atomic E-state index is 0.217. The first kappa shape index (κ1) is 12.8. The monoisotopic (exact) mass is 259 g/mol. The third-order valence-electron chi connectivity index (χ3n) is 4.35. The van der Waals surface area contributed by atoms with Gasteiger partial charge in [0.05, 0.1) is 18.6 Å². The van der Waals surface area contributed by atoms with E-state index in [1.54, 1.807) is 0 Å². The maximum Gasteiger partial charge on any atom is 0.144 e. The molecule has 0 N–H and O–H groups in total. The highest BCUT2D eigenvalue weighted by molar-refractivity contribution is 5.86. The van der Waals surface area contributed by atoms with Crippen molar-refractivity contribution in [2.45, 2.75) is 25.8 Å². The van der Waals surface area contributed by atoms with E-state index in [1.807, 2.05) is 6.07 Å². The Morgan fingerprint density at radius 3 is 2.89 bits per heavy atom. The van der Waals surface area contributed by atoms with Gasteiger partial charge in [-0.2, -0.15) is 0 Å². The zero-order valence-electron chi connectivity index (χ0n) is 11.3. The molecule has 1 aromatic carbocycles. The van der Waals surface area contributed by atoms with Crippen molar-refractivity contribution in [1.29, 1.82) is 0 Å². The molecule has 1 aromatic rings. The maximum atomic E-state index is 12.3. The number of nitrogens with zero attached hydrogens (tertiary/aromatic N) is 1. The van der Waals surface area contributed by atoms with Crippen LogP contribution < -0.4 is 0 Å². The number of Topliss-reactive ketones (excluding diaryl/α,β-unsaturated/α-hetero) is 1. The fourth-order valence-electron chi connectivity index (χ4n) is 3.33. The fourth-order valence-corrected chi connectivity index (χ4v) is 3.33. The van der Waals surface area contributed by atoms with Gasteiger partial charge in [-0.05, 0) is 24.9 Å². The van der Waals surface area contributed by atoms with Crippen molar-refractivity contribution in [3.8, 4) is 0 Å². The van der Waals surface area contributed by atoms with Crippen molar-refractivity contribution >= 4 is 5.78 Å². The van der Waals surface area contributed by atoms with Gasteiger partial charge in [0.2, 0.25) is 0 Å². The van der Waals surface area contributed by atoms with Crippen LogP contribution in [0.3, 0.4) is 0 Å². The number of ether oxygens (including phenoxy) is 1. The minimum Gasteiger partial charge on any atom is -0.380 e. The van der Waals surface area contributed by atoms with Crippen LogP contribution in [0, 0.1) is 5.41 Å². The third kappa shape index (κ3) is 2.72. The van der Waals surface area contributed by atoms with Gasteiger partial charge in [0.1, 0.15) is 5.78 Å². The molecule has 102 valence electrons. The minimum atomic E-state index is -0.217. The number of carbonyl (C=O) groups excluding carboxylic acids is 1.